The Morgan fingerprint density at radius 1 is 0.882 bits per heavy atom. The van der Waals surface area contributed by atoms with Crippen molar-refractivity contribution in [1.82, 2.24) is 14.7 Å². The van der Waals surface area contributed by atoms with E-state index in [1.165, 1.54) is 4.90 Å². The van der Waals surface area contributed by atoms with Gasteiger partial charge in [-0.15, -0.1) is 0 Å². The second-order valence-corrected chi connectivity index (χ2v) is 9.12. The van der Waals surface area contributed by atoms with Gasteiger partial charge in [-0.3, -0.25) is 4.79 Å². The number of carbonyl (C=O) groups is 3. The summed E-state index contributed by atoms with van der Waals surface area (Å²) >= 11 is 0. The number of amides is 3. The van der Waals surface area contributed by atoms with E-state index in [1.54, 1.807) is 9.80 Å². The second kappa shape index (κ2) is 9.46. The molecule has 3 aliphatic heterocycles. The lowest BCUT2D eigenvalue weighted by Crippen LogP contribution is -2.67. The van der Waals surface area contributed by atoms with E-state index in [2.05, 4.69) is 0 Å². The first-order chi connectivity index (χ1) is 16.6. The maximum atomic E-state index is 14.1. The molecule has 2 aromatic carbocycles. The maximum Gasteiger partial charge on any atom is 0.328 e. The molecule has 8 heteroatoms. The van der Waals surface area contributed by atoms with Crippen LogP contribution in [0.2, 0.25) is 0 Å². The molecule has 0 aromatic heterocycles. The van der Waals surface area contributed by atoms with Gasteiger partial charge in [0.15, 0.2) is 6.04 Å². The molecule has 2 bridgehead atoms. The van der Waals surface area contributed by atoms with Crippen molar-refractivity contribution in [2.45, 2.75) is 36.9 Å². The smallest absolute Gasteiger partial charge is 0.328 e. The zero-order valence-electron chi connectivity index (χ0n) is 19.0. The lowest BCUT2D eigenvalue weighted by molar-refractivity contribution is -0.152. The number of morpholine rings is 1. The zero-order valence-corrected chi connectivity index (χ0v) is 19.0. The number of hydrogen-bond donors (Lipinski definition) is 1. The van der Waals surface area contributed by atoms with Crippen molar-refractivity contribution in [2.24, 2.45) is 0 Å². The van der Waals surface area contributed by atoms with Crippen LogP contribution in [0, 0.1) is 0 Å². The third-order valence-corrected chi connectivity index (χ3v) is 7.20. The van der Waals surface area contributed by atoms with Crippen LogP contribution in [0.3, 0.4) is 0 Å². The van der Waals surface area contributed by atoms with Gasteiger partial charge in [-0.05, 0) is 24.0 Å². The fourth-order valence-corrected chi connectivity index (χ4v) is 5.64. The molecule has 2 aromatic rings. The van der Waals surface area contributed by atoms with Gasteiger partial charge in [0.1, 0.15) is 0 Å². The topological polar surface area (TPSA) is 90.4 Å². The first-order valence-electron chi connectivity index (χ1n) is 11.8. The van der Waals surface area contributed by atoms with Crippen LogP contribution in [0.5, 0.6) is 0 Å². The largest absolute Gasteiger partial charge is 0.480 e. The minimum Gasteiger partial charge on any atom is -0.480 e. The van der Waals surface area contributed by atoms with Gasteiger partial charge in [0.2, 0.25) is 5.91 Å². The third-order valence-electron chi connectivity index (χ3n) is 7.20. The number of nitrogens with zero attached hydrogens (tertiary/aromatic N) is 3. The first-order valence-corrected chi connectivity index (χ1v) is 11.8. The Kier molecular flexibility index (Phi) is 6.24. The monoisotopic (exact) mass is 463 g/mol. The fourth-order valence-electron chi connectivity index (χ4n) is 5.64. The van der Waals surface area contributed by atoms with Gasteiger partial charge in [0.25, 0.3) is 0 Å². The van der Waals surface area contributed by atoms with Gasteiger partial charge in [0.05, 0.1) is 25.2 Å². The number of urea groups is 1. The molecule has 5 rings (SSSR count). The van der Waals surface area contributed by atoms with Crippen molar-refractivity contribution in [1.29, 1.82) is 0 Å². The lowest BCUT2D eigenvalue weighted by Gasteiger charge is -2.47. The Morgan fingerprint density at radius 2 is 1.47 bits per heavy atom. The Morgan fingerprint density at radius 3 is 2.03 bits per heavy atom. The van der Waals surface area contributed by atoms with Crippen LogP contribution in [0.1, 0.15) is 29.9 Å². The molecule has 0 saturated carbocycles. The average Bonchev–Trinajstić information content (AvgIpc) is 3.18. The van der Waals surface area contributed by atoms with Crippen LogP contribution in [-0.2, 0) is 14.3 Å². The number of piperazine rings is 1. The number of likely N-dealkylation sites (tertiary alicyclic amines) is 1. The van der Waals surface area contributed by atoms with Gasteiger partial charge < -0.3 is 24.5 Å². The molecule has 34 heavy (non-hydrogen) atoms. The second-order valence-electron chi connectivity index (χ2n) is 9.12. The van der Waals surface area contributed by atoms with Gasteiger partial charge in [-0.1, -0.05) is 60.7 Å². The van der Waals surface area contributed by atoms with Crippen LogP contribution >= 0.6 is 0 Å². The molecule has 0 spiro atoms. The van der Waals surface area contributed by atoms with Crippen molar-refractivity contribution < 1.29 is 24.2 Å². The summed E-state index contributed by atoms with van der Waals surface area (Å²) in [5, 5.41) is 10.2. The highest BCUT2D eigenvalue weighted by molar-refractivity contribution is 5.90. The van der Waals surface area contributed by atoms with Gasteiger partial charge in [0, 0.05) is 25.7 Å². The first kappa shape index (κ1) is 22.4. The highest BCUT2D eigenvalue weighted by Crippen LogP contribution is 2.39. The highest BCUT2D eigenvalue weighted by Gasteiger charge is 2.54. The van der Waals surface area contributed by atoms with E-state index in [0.717, 1.165) is 11.1 Å². The summed E-state index contributed by atoms with van der Waals surface area (Å²) in [5.74, 6) is -1.70. The number of ether oxygens (including phenoxy) is 1. The minimum absolute atomic E-state index is 0.102. The van der Waals surface area contributed by atoms with E-state index < -0.39 is 24.0 Å². The van der Waals surface area contributed by atoms with Crippen molar-refractivity contribution >= 4 is 17.9 Å². The molecule has 3 saturated heterocycles. The summed E-state index contributed by atoms with van der Waals surface area (Å²) in [4.78, 5) is 44.7. The van der Waals surface area contributed by atoms with E-state index in [1.807, 2.05) is 60.7 Å². The number of carboxylic acids is 1. The lowest BCUT2D eigenvalue weighted by atomic mass is 9.88. The molecule has 3 fully saturated rings. The number of fused-ring (bicyclic) bond motifs is 2. The molecule has 178 valence electrons. The summed E-state index contributed by atoms with van der Waals surface area (Å²) in [6, 6.07) is 17.1. The van der Waals surface area contributed by atoms with Gasteiger partial charge >= 0.3 is 12.0 Å². The summed E-state index contributed by atoms with van der Waals surface area (Å²) < 4.78 is 5.34. The summed E-state index contributed by atoms with van der Waals surface area (Å²) in [5.41, 5.74) is 1.74. The van der Waals surface area contributed by atoms with E-state index >= 15 is 0 Å². The third kappa shape index (κ3) is 4.03. The average molecular weight is 464 g/mol. The van der Waals surface area contributed by atoms with Crippen LogP contribution in [0.4, 0.5) is 4.79 Å². The molecule has 0 unspecified atom stereocenters. The van der Waals surface area contributed by atoms with E-state index in [-0.39, 0.29) is 24.5 Å². The Bertz CT molecular complexity index is 1000. The molecule has 3 heterocycles. The van der Waals surface area contributed by atoms with Crippen LogP contribution in [-0.4, -0.2) is 88.7 Å². The fraction of sp³-hybridized carbons (Fsp3) is 0.423. The zero-order chi connectivity index (χ0) is 23.7. The molecule has 3 amide bonds. The number of rotatable bonds is 4. The summed E-state index contributed by atoms with van der Waals surface area (Å²) in [6.45, 7) is 2.02. The number of carboxylic acid groups (broad SMARTS) is 1. The van der Waals surface area contributed by atoms with Crippen molar-refractivity contribution in [3.63, 3.8) is 0 Å². The Balaban J connectivity index is 1.47. The Hall–Kier alpha value is -3.39. The number of aliphatic carboxylic acids is 1. The van der Waals surface area contributed by atoms with Crippen LogP contribution in [0.25, 0.3) is 0 Å². The molecule has 1 N–H and O–H groups in total. The standard InChI is InChI=1S/C26H29N3O5/c30-24(22(18-7-3-1-4-8-18)19-9-5-2-6-10-19)29-20-11-12-21(29)23(25(31)32)28(17-20)26(33)27-13-15-34-16-14-27/h1-10,20-23H,11-17H2,(H,31,32)/t20-,21+,23-/m0/s1. The number of carbonyl (C=O) groups excluding carboxylic acids is 2. The van der Waals surface area contributed by atoms with Crippen LogP contribution < -0.4 is 0 Å². The van der Waals surface area contributed by atoms with E-state index in [4.69, 9.17) is 4.74 Å². The normalized spacial score (nSPS) is 24.4. The predicted molar refractivity (Wildman–Crippen MR) is 124 cm³/mol. The molecule has 3 aliphatic rings. The molecular weight excluding hydrogens is 434 g/mol. The highest BCUT2D eigenvalue weighted by atomic mass is 16.5. The Labute approximate surface area is 198 Å². The van der Waals surface area contributed by atoms with Crippen molar-refractivity contribution in [3.05, 3.63) is 71.8 Å². The molecule has 8 nitrogen and oxygen atoms in total. The SMILES string of the molecule is O=C(O)[C@@H]1[C@H]2CC[C@@H](CN1C(=O)N1CCOCC1)N2C(=O)C(c1ccccc1)c1ccccc1. The summed E-state index contributed by atoms with van der Waals surface area (Å²) in [7, 11) is 0. The van der Waals surface area contributed by atoms with Crippen molar-refractivity contribution in [2.75, 3.05) is 32.8 Å². The molecule has 3 atom stereocenters. The van der Waals surface area contributed by atoms with E-state index in [0.29, 0.717) is 39.1 Å². The number of hydrogen-bond acceptors (Lipinski definition) is 4. The number of benzene rings is 2. The summed E-state index contributed by atoms with van der Waals surface area (Å²) in [6.07, 6.45) is 1.25. The molecular formula is C26H29N3O5. The predicted octanol–water partition coefficient (Wildman–Crippen LogP) is 2.40. The molecule has 0 radical (unpaired) electrons. The van der Waals surface area contributed by atoms with Crippen molar-refractivity contribution in [3.8, 4) is 0 Å². The van der Waals surface area contributed by atoms with Crippen LogP contribution in [0.15, 0.2) is 60.7 Å². The van der Waals surface area contributed by atoms with Gasteiger partial charge in [-0.25, -0.2) is 9.59 Å². The minimum atomic E-state index is -1.07. The maximum absolute atomic E-state index is 14.1. The van der Waals surface area contributed by atoms with Gasteiger partial charge in [-0.2, -0.15) is 0 Å². The van der Waals surface area contributed by atoms with E-state index in [9.17, 15) is 19.5 Å². The quantitative estimate of drug-likeness (QED) is 0.752. The molecule has 0 aliphatic carbocycles.